The Morgan fingerprint density at radius 1 is 1.36 bits per heavy atom. The third kappa shape index (κ3) is 4.23. The highest BCUT2D eigenvalue weighted by atomic mass is 16.5. The molecule has 0 bridgehead atoms. The zero-order chi connectivity index (χ0) is 17.8. The van der Waals surface area contributed by atoms with Crippen LogP contribution < -0.4 is 5.32 Å². The summed E-state index contributed by atoms with van der Waals surface area (Å²) in [6, 6.07) is 0. The lowest BCUT2D eigenvalue weighted by Gasteiger charge is -2.30. The van der Waals surface area contributed by atoms with Crippen molar-refractivity contribution in [2.45, 2.75) is 39.7 Å². The number of amides is 1. The lowest BCUT2D eigenvalue weighted by Crippen LogP contribution is -2.42. The van der Waals surface area contributed by atoms with E-state index in [1.807, 2.05) is 13.8 Å². The van der Waals surface area contributed by atoms with Gasteiger partial charge in [-0.3, -0.25) is 19.9 Å². The molecule has 0 unspecified atom stereocenters. The maximum Gasteiger partial charge on any atom is 0.238 e. The molecule has 3 N–H and O–H groups in total. The summed E-state index contributed by atoms with van der Waals surface area (Å²) >= 11 is 0. The van der Waals surface area contributed by atoms with Crippen LogP contribution in [0.2, 0.25) is 0 Å². The van der Waals surface area contributed by atoms with E-state index in [-0.39, 0.29) is 12.0 Å². The highest BCUT2D eigenvalue weighted by Crippen LogP contribution is 2.20. The molecule has 9 nitrogen and oxygen atoms in total. The van der Waals surface area contributed by atoms with Gasteiger partial charge in [-0.2, -0.15) is 10.2 Å². The maximum atomic E-state index is 12.3. The molecule has 136 valence electrons. The number of aromatic nitrogens is 5. The molecule has 25 heavy (non-hydrogen) atoms. The highest BCUT2D eigenvalue weighted by molar-refractivity contribution is 5.93. The number of ether oxygens (including phenoxy) is 1. The fourth-order valence-corrected chi connectivity index (χ4v) is 2.92. The van der Waals surface area contributed by atoms with Crippen LogP contribution in [0, 0.1) is 13.8 Å². The Morgan fingerprint density at radius 2 is 2.20 bits per heavy atom. The number of hydrogen-bond acceptors (Lipinski definition) is 6. The minimum absolute atomic E-state index is 0.0603. The number of nitrogens with one attached hydrogen (secondary N) is 3. The molecule has 2 aromatic rings. The number of H-pyrrole nitrogens is 2. The molecule has 3 rings (SSSR count). The summed E-state index contributed by atoms with van der Waals surface area (Å²) in [7, 11) is 0. The van der Waals surface area contributed by atoms with Crippen LogP contribution in [0.15, 0.2) is 0 Å². The van der Waals surface area contributed by atoms with E-state index in [0.717, 1.165) is 35.7 Å². The van der Waals surface area contributed by atoms with Gasteiger partial charge in [0.2, 0.25) is 5.91 Å². The third-order valence-corrected chi connectivity index (χ3v) is 4.23. The highest BCUT2D eigenvalue weighted by Gasteiger charge is 2.26. The van der Waals surface area contributed by atoms with Gasteiger partial charge in [-0.1, -0.05) is 6.92 Å². The van der Waals surface area contributed by atoms with Crippen LogP contribution >= 0.6 is 0 Å². The molecule has 0 spiro atoms. The number of aryl methyl sites for hydroxylation is 3. The first kappa shape index (κ1) is 17.6. The second kappa shape index (κ2) is 7.75. The first-order valence-electron chi connectivity index (χ1n) is 8.63. The molecule has 0 saturated carbocycles. The zero-order valence-corrected chi connectivity index (χ0v) is 14.9. The SMILES string of the molecule is CCCc1nc([C@H]2CN(CC(=O)Nc3c(C)n[nH]c3C)CCO2)n[nH]1. The van der Waals surface area contributed by atoms with Gasteiger partial charge in [-0.05, 0) is 20.3 Å². The van der Waals surface area contributed by atoms with E-state index >= 15 is 0 Å². The van der Waals surface area contributed by atoms with Crippen molar-refractivity contribution in [3.8, 4) is 0 Å². The molecule has 1 saturated heterocycles. The van der Waals surface area contributed by atoms with Gasteiger partial charge >= 0.3 is 0 Å². The number of hydrogen-bond donors (Lipinski definition) is 3. The number of anilines is 1. The Hall–Kier alpha value is -2.26. The lowest BCUT2D eigenvalue weighted by molar-refractivity contribution is -0.119. The van der Waals surface area contributed by atoms with Gasteiger partial charge in [0.15, 0.2) is 5.82 Å². The second-order valence-corrected chi connectivity index (χ2v) is 6.34. The number of aromatic amines is 2. The monoisotopic (exact) mass is 347 g/mol. The van der Waals surface area contributed by atoms with Crippen LogP contribution in [0.1, 0.15) is 42.5 Å². The molecule has 0 radical (unpaired) electrons. The Balaban J connectivity index is 1.56. The molecule has 0 aliphatic carbocycles. The summed E-state index contributed by atoms with van der Waals surface area (Å²) < 4.78 is 5.78. The number of morpholine rings is 1. The van der Waals surface area contributed by atoms with E-state index in [2.05, 4.69) is 42.5 Å². The average Bonchev–Trinajstić information content (AvgIpc) is 3.18. The normalized spacial score (nSPS) is 18.4. The van der Waals surface area contributed by atoms with Crippen molar-refractivity contribution < 1.29 is 9.53 Å². The van der Waals surface area contributed by atoms with E-state index in [1.54, 1.807) is 0 Å². The molecule has 3 heterocycles. The molecule has 2 aromatic heterocycles. The number of carbonyl (C=O) groups excluding carboxylic acids is 1. The zero-order valence-electron chi connectivity index (χ0n) is 14.9. The van der Waals surface area contributed by atoms with Gasteiger partial charge < -0.3 is 10.1 Å². The smallest absolute Gasteiger partial charge is 0.238 e. The third-order valence-electron chi connectivity index (χ3n) is 4.23. The molecule has 9 heteroatoms. The molecular formula is C16H25N7O2. The molecule has 0 aromatic carbocycles. The van der Waals surface area contributed by atoms with Gasteiger partial charge in [0.05, 0.1) is 30.2 Å². The van der Waals surface area contributed by atoms with Crippen molar-refractivity contribution in [2.24, 2.45) is 0 Å². The summed E-state index contributed by atoms with van der Waals surface area (Å²) in [5, 5.41) is 17.1. The Bertz CT molecular complexity index is 704. The van der Waals surface area contributed by atoms with Crippen LogP contribution in [0.5, 0.6) is 0 Å². The Kier molecular flexibility index (Phi) is 5.44. The largest absolute Gasteiger partial charge is 0.367 e. The van der Waals surface area contributed by atoms with Crippen molar-refractivity contribution in [2.75, 3.05) is 31.6 Å². The number of carbonyl (C=O) groups is 1. The van der Waals surface area contributed by atoms with Crippen LogP contribution in [0.4, 0.5) is 5.69 Å². The average molecular weight is 347 g/mol. The lowest BCUT2D eigenvalue weighted by atomic mass is 10.2. The van der Waals surface area contributed by atoms with Gasteiger partial charge in [0.1, 0.15) is 11.9 Å². The summed E-state index contributed by atoms with van der Waals surface area (Å²) in [5.74, 6) is 1.48. The predicted molar refractivity (Wildman–Crippen MR) is 92.2 cm³/mol. The van der Waals surface area contributed by atoms with Gasteiger partial charge in [-0.15, -0.1) is 0 Å². The summed E-state index contributed by atoms with van der Waals surface area (Å²) in [6.07, 6.45) is 1.68. The van der Waals surface area contributed by atoms with Crippen LogP contribution in [-0.4, -0.2) is 62.4 Å². The van der Waals surface area contributed by atoms with Crippen molar-refractivity contribution >= 4 is 11.6 Å². The first-order chi connectivity index (χ1) is 12.1. The van der Waals surface area contributed by atoms with Crippen molar-refractivity contribution in [3.05, 3.63) is 23.0 Å². The van der Waals surface area contributed by atoms with E-state index < -0.39 is 0 Å². The van der Waals surface area contributed by atoms with E-state index in [9.17, 15) is 4.79 Å². The first-order valence-corrected chi connectivity index (χ1v) is 8.63. The van der Waals surface area contributed by atoms with Crippen molar-refractivity contribution in [3.63, 3.8) is 0 Å². The van der Waals surface area contributed by atoms with Crippen molar-refractivity contribution in [1.29, 1.82) is 0 Å². The second-order valence-electron chi connectivity index (χ2n) is 6.34. The number of rotatable bonds is 6. The standard InChI is InChI=1S/C16H25N7O2/c1-4-5-13-17-16(22-21-13)12-8-23(6-7-25-12)9-14(24)18-15-10(2)19-20-11(15)3/h12H,4-9H2,1-3H3,(H,18,24)(H,19,20)(H,17,21,22)/t12-/m1/s1. The summed E-state index contributed by atoms with van der Waals surface area (Å²) in [5.41, 5.74) is 2.40. The summed E-state index contributed by atoms with van der Waals surface area (Å²) in [6.45, 7) is 8.01. The predicted octanol–water partition coefficient (Wildman–Crippen LogP) is 1.11. The summed E-state index contributed by atoms with van der Waals surface area (Å²) in [4.78, 5) is 18.9. The van der Waals surface area contributed by atoms with E-state index in [4.69, 9.17) is 4.74 Å². The van der Waals surface area contributed by atoms with E-state index in [1.165, 1.54) is 0 Å². The van der Waals surface area contributed by atoms with Gasteiger partial charge in [0.25, 0.3) is 0 Å². The molecule has 1 aliphatic rings. The molecule has 1 atom stereocenters. The number of nitrogens with zero attached hydrogens (tertiary/aromatic N) is 4. The van der Waals surface area contributed by atoms with Crippen molar-refractivity contribution in [1.82, 2.24) is 30.3 Å². The minimum Gasteiger partial charge on any atom is -0.367 e. The molecule has 1 aliphatic heterocycles. The maximum absolute atomic E-state index is 12.3. The molecule has 1 amide bonds. The fourth-order valence-electron chi connectivity index (χ4n) is 2.92. The van der Waals surface area contributed by atoms with Gasteiger partial charge in [-0.25, -0.2) is 4.98 Å². The molecule has 1 fully saturated rings. The van der Waals surface area contributed by atoms with Crippen LogP contribution in [0.3, 0.4) is 0 Å². The Morgan fingerprint density at radius 3 is 2.92 bits per heavy atom. The quantitative estimate of drug-likeness (QED) is 0.722. The topological polar surface area (TPSA) is 112 Å². The van der Waals surface area contributed by atoms with E-state index in [0.29, 0.717) is 32.1 Å². The Labute approximate surface area is 146 Å². The van der Waals surface area contributed by atoms with Crippen LogP contribution in [0.25, 0.3) is 0 Å². The van der Waals surface area contributed by atoms with Crippen LogP contribution in [-0.2, 0) is 16.0 Å². The van der Waals surface area contributed by atoms with Gasteiger partial charge in [0, 0.05) is 19.5 Å². The minimum atomic E-state index is -0.208. The fraction of sp³-hybridized carbons (Fsp3) is 0.625. The molecular weight excluding hydrogens is 322 g/mol.